The Morgan fingerprint density at radius 2 is 1.62 bits per heavy atom. The summed E-state index contributed by atoms with van der Waals surface area (Å²) in [7, 11) is 0. The topological polar surface area (TPSA) is 185 Å². The van der Waals surface area contributed by atoms with E-state index >= 15 is 0 Å². The molecule has 11 nitrogen and oxygen atoms in total. The maximum Gasteiger partial charge on any atom is 0.326 e. The van der Waals surface area contributed by atoms with Crippen molar-refractivity contribution in [1.29, 1.82) is 0 Å². The zero-order valence-corrected chi connectivity index (χ0v) is 20.0. The summed E-state index contributed by atoms with van der Waals surface area (Å²) in [5.74, 6) is -2.57. The zero-order valence-electron chi connectivity index (χ0n) is 18.4. The van der Waals surface area contributed by atoms with Crippen LogP contribution in [0.4, 0.5) is 0 Å². The van der Waals surface area contributed by atoms with E-state index < -0.39 is 60.2 Å². The van der Waals surface area contributed by atoms with Crippen molar-refractivity contribution in [3.05, 3.63) is 0 Å². The molecule has 7 N–H and O–H groups in total. The van der Waals surface area contributed by atoms with Crippen molar-refractivity contribution in [1.82, 2.24) is 15.5 Å². The summed E-state index contributed by atoms with van der Waals surface area (Å²) >= 11 is 2.98. The van der Waals surface area contributed by atoms with E-state index in [2.05, 4.69) is 10.6 Å². The van der Waals surface area contributed by atoms with Gasteiger partial charge in [0.25, 0.3) is 0 Å². The standard InChI is InChI=1S/C19H33N5O6S2/c1-31-8-5-11(20)16(26)23-13(10-15(21)25)17(27)22-12(6-9-32-2)18(28)24-7-3-4-14(24)19(29)30/h11-14H,3-10,20H2,1-2H3,(H2,21,25)(H,22,27)(H,23,26)(H,29,30). The normalized spacial score (nSPS) is 18.5. The number of nitrogens with zero attached hydrogens (tertiary/aromatic N) is 1. The van der Waals surface area contributed by atoms with Gasteiger partial charge in [0.1, 0.15) is 18.1 Å². The third-order valence-corrected chi connectivity index (χ3v) is 6.34. The van der Waals surface area contributed by atoms with E-state index in [1.165, 1.54) is 28.4 Å². The van der Waals surface area contributed by atoms with Gasteiger partial charge in [-0.25, -0.2) is 4.79 Å². The number of hydrogen-bond acceptors (Lipinski definition) is 8. The van der Waals surface area contributed by atoms with Crippen molar-refractivity contribution in [3.8, 4) is 0 Å². The van der Waals surface area contributed by atoms with Crippen LogP contribution < -0.4 is 22.1 Å². The SMILES string of the molecule is CSCCC(N)C(=O)NC(CC(N)=O)C(=O)NC(CCSC)C(=O)N1CCCC1C(=O)O. The number of nitrogens with one attached hydrogen (secondary N) is 2. The second-order valence-corrected chi connectivity index (χ2v) is 9.46. The first-order valence-electron chi connectivity index (χ1n) is 10.3. The third kappa shape index (κ3) is 8.87. The van der Waals surface area contributed by atoms with Gasteiger partial charge in [0.15, 0.2) is 0 Å². The Hall–Kier alpha value is -1.99. The van der Waals surface area contributed by atoms with Gasteiger partial charge in [-0.15, -0.1) is 0 Å². The van der Waals surface area contributed by atoms with Crippen LogP contribution in [0.1, 0.15) is 32.1 Å². The summed E-state index contributed by atoms with van der Waals surface area (Å²) < 4.78 is 0. The number of thioether (sulfide) groups is 2. The van der Waals surface area contributed by atoms with Crippen LogP contribution in [0, 0.1) is 0 Å². The monoisotopic (exact) mass is 491 g/mol. The second kappa shape index (κ2) is 14.2. The lowest BCUT2D eigenvalue weighted by atomic mass is 10.1. The molecule has 0 aromatic heterocycles. The molecule has 0 spiro atoms. The summed E-state index contributed by atoms with van der Waals surface area (Å²) in [5.41, 5.74) is 11.1. The minimum absolute atomic E-state index is 0.263. The number of carboxylic acids is 1. The van der Waals surface area contributed by atoms with E-state index in [1.54, 1.807) is 0 Å². The Labute approximate surface area is 196 Å². The lowest BCUT2D eigenvalue weighted by molar-refractivity contribution is -0.149. The minimum Gasteiger partial charge on any atom is -0.480 e. The Kier molecular flexibility index (Phi) is 12.5. The van der Waals surface area contributed by atoms with Crippen LogP contribution in [0.3, 0.4) is 0 Å². The Bertz CT molecular complexity index is 695. The highest BCUT2D eigenvalue weighted by Crippen LogP contribution is 2.19. The molecule has 4 atom stereocenters. The fourth-order valence-corrected chi connectivity index (χ4v) is 4.28. The van der Waals surface area contributed by atoms with Crippen LogP contribution in [0.2, 0.25) is 0 Å². The molecule has 1 heterocycles. The molecule has 1 fully saturated rings. The number of amides is 4. The highest BCUT2D eigenvalue weighted by atomic mass is 32.2. The van der Waals surface area contributed by atoms with Crippen LogP contribution in [0.5, 0.6) is 0 Å². The van der Waals surface area contributed by atoms with E-state index in [0.717, 1.165) is 0 Å². The highest BCUT2D eigenvalue weighted by Gasteiger charge is 2.38. The molecule has 0 aromatic carbocycles. The summed E-state index contributed by atoms with van der Waals surface area (Å²) in [6.07, 6.45) is 4.80. The molecule has 1 rings (SSSR count). The maximum absolute atomic E-state index is 13.0. The number of carbonyl (C=O) groups is 5. The lowest BCUT2D eigenvalue weighted by Gasteiger charge is -2.28. The zero-order chi connectivity index (χ0) is 24.3. The third-order valence-electron chi connectivity index (χ3n) is 5.05. The van der Waals surface area contributed by atoms with E-state index in [-0.39, 0.29) is 13.0 Å². The quantitative estimate of drug-likeness (QED) is 0.198. The average Bonchev–Trinajstić information content (AvgIpc) is 3.23. The molecule has 32 heavy (non-hydrogen) atoms. The molecule has 1 aliphatic heterocycles. The summed E-state index contributed by atoms with van der Waals surface area (Å²) in [6.45, 7) is 0.285. The van der Waals surface area contributed by atoms with E-state index in [9.17, 15) is 29.1 Å². The number of likely N-dealkylation sites (tertiary alicyclic amines) is 1. The van der Waals surface area contributed by atoms with Crippen molar-refractivity contribution in [3.63, 3.8) is 0 Å². The Morgan fingerprint density at radius 3 is 2.19 bits per heavy atom. The van der Waals surface area contributed by atoms with E-state index in [1.807, 2.05) is 12.5 Å². The fraction of sp³-hybridized carbons (Fsp3) is 0.737. The van der Waals surface area contributed by atoms with Gasteiger partial charge in [-0.3, -0.25) is 19.2 Å². The summed E-state index contributed by atoms with van der Waals surface area (Å²) in [6, 6.07) is -4.08. The number of rotatable bonds is 14. The van der Waals surface area contributed by atoms with Crippen LogP contribution in [-0.2, 0) is 24.0 Å². The van der Waals surface area contributed by atoms with Gasteiger partial charge in [-0.05, 0) is 49.7 Å². The molecule has 0 saturated carbocycles. The number of nitrogens with two attached hydrogens (primary N) is 2. The molecule has 1 saturated heterocycles. The largest absolute Gasteiger partial charge is 0.480 e. The van der Waals surface area contributed by atoms with Gasteiger partial charge in [-0.1, -0.05) is 0 Å². The van der Waals surface area contributed by atoms with Gasteiger partial charge >= 0.3 is 5.97 Å². The highest BCUT2D eigenvalue weighted by molar-refractivity contribution is 7.98. The van der Waals surface area contributed by atoms with Crippen LogP contribution in [0.15, 0.2) is 0 Å². The van der Waals surface area contributed by atoms with Crippen LogP contribution >= 0.6 is 23.5 Å². The number of carbonyl (C=O) groups excluding carboxylic acids is 4. The van der Waals surface area contributed by atoms with Gasteiger partial charge in [0.05, 0.1) is 12.5 Å². The molecular weight excluding hydrogens is 458 g/mol. The minimum atomic E-state index is -1.29. The molecular formula is C19H33N5O6S2. The molecule has 4 amide bonds. The lowest BCUT2D eigenvalue weighted by Crippen LogP contribution is -2.57. The number of aliphatic carboxylic acids is 1. The first kappa shape index (κ1) is 28.0. The van der Waals surface area contributed by atoms with Crippen molar-refractivity contribution in [2.75, 3.05) is 30.6 Å². The van der Waals surface area contributed by atoms with Crippen molar-refractivity contribution in [2.45, 2.75) is 56.3 Å². The molecule has 182 valence electrons. The van der Waals surface area contributed by atoms with Crippen molar-refractivity contribution in [2.24, 2.45) is 11.5 Å². The van der Waals surface area contributed by atoms with E-state index in [0.29, 0.717) is 30.8 Å². The molecule has 0 aliphatic carbocycles. The first-order valence-corrected chi connectivity index (χ1v) is 13.1. The molecule has 0 aromatic rings. The number of carboxylic acid groups (broad SMARTS) is 1. The van der Waals surface area contributed by atoms with Crippen molar-refractivity contribution < 1.29 is 29.1 Å². The average molecular weight is 492 g/mol. The molecule has 0 radical (unpaired) electrons. The van der Waals surface area contributed by atoms with Gasteiger partial charge in [-0.2, -0.15) is 23.5 Å². The molecule has 13 heteroatoms. The maximum atomic E-state index is 13.0. The predicted octanol–water partition coefficient (Wildman–Crippen LogP) is -1.26. The van der Waals surface area contributed by atoms with Gasteiger partial charge in [0, 0.05) is 6.54 Å². The van der Waals surface area contributed by atoms with E-state index in [4.69, 9.17) is 11.5 Å². The Balaban J connectivity index is 2.94. The predicted molar refractivity (Wildman–Crippen MR) is 124 cm³/mol. The van der Waals surface area contributed by atoms with Crippen molar-refractivity contribution >= 4 is 53.1 Å². The van der Waals surface area contributed by atoms with Gasteiger partial charge in [0.2, 0.25) is 23.6 Å². The second-order valence-electron chi connectivity index (χ2n) is 7.49. The smallest absolute Gasteiger partial charge is 0.326 e. The number of hydrogen-bond donors (Lipinski definition) is 5. The van der Waals surface area contributed by atoms with Crippen LogP contribution in [-0.4, -0.2) is 94.3 Å². The first-order chi connectivity index (χ1) is 15.1. The summed E-state index contributed by atoms with van der Waals surface area (Å²) in [4.78, 5) is 62.5. The summed E-state index contributed by atoms with van der Waals surface area (Å²) in [5, 5.41) is 14.4. The van der Waals surface area contributed by atoms with Gasteiger partial charge < -0.3 is 32.1 Å². The number of primary amides is 1. The molecule has 0 bridgehead atoms. The Morgan fingerprint density at radius 1 is 1.03 bits per heavy atom. The fourth-order valence-electron chi connectivity index (χ4n) is 3.32. The molecule has 1 aliphatic rings. The van der Waals surface area contributed by atoms with Crippen LogP contribution in [0.25, 0.3) is 0 Å². The molecule has 4 unspecified atom stereocenters.